The Kier molecular flexibility index (Phi) is 2.17. The summed E-state index contributed by atoms with van der Waals surface area (Å²) in [6.07, 6.45) is 16.0. The average Bonchev–Trinajstić information content (AvgIpc) is 2.80. The molecule has 0 amide bonds. The first kappa shape index (κ1) is 9.93. The number of imidazole rings is 1. The number of fused-ring (bicyclic) bond motifs is 2. The maximum Gasteiger partial charge on any atom is 0.111 e. The molecule has 2 bridgehead atoms. The van der Waals surface area contributed by atoms with Crippen molar-refractivity contribution in [3.05, 3.63) is 30.4 Å². The van der Waals surface area contributed by atoms with E-state index in [1.54, 1.807) is 0 Å². The van der Waals surface area contributed by atoms with Gasteiger partial charge in [0.1, 0.15) is 5.82 Å². The van der Waals surface area contributed by atoms with Crippen LogP contribution in [-0.4, -0.2) is 9.55 Å². The van der Waals surface area contributed by atoms with Crippen LogP contribution in [0, 0.1) is 17.8 Å². The third-order valence-electron chi connectivity index (χ3n) is 4.85. The summed E-state index contributed by atoms with van der Waals surface area (Å²) in [6, 6.07) is 0. The Morgan fingerprint density at radius 3 is 2.88 bits per heavy atom. The van der Waals surface area contributed by atoms with E-state index in [1.165, 1.54) is 44.5 Å². The number of rotatable bonds is 4. The first-order chi connectivity index (χ1) is 8.40. The van der Waals surface area contributed by atoms with Gasteiger partial charge in [0.25, 0.3) is 0 Å². The van der Waals surface area contributed by atoms with Crippen LogP contribution in [0.1, 0.15) is 43.8 Å². The standard InChI is InChI=1S/C15H20N2/c1-2-13-9-11(1)10-14(13)5-7-17-8-6-16-15(17)12-3-4-12/h1-2,6,8,11-14H,3-5,7,9-10H2/t11-,13+,14-/m1/s1. The normalized spacial score (nSPS) is 34.7. The molecule has 0 N–H and O–H groups in total. The first-order valence-corrected chi connectivity index (χ1v) is 7.09. The van der Waals surface area contributed by atoms with E-state index in [0.29, 0.717) is 0 Å². The summed E-state index contributed by atoms with van der Waals surface area (Å²) in [6.45, 7) is 1.19. The highest BCUT2D eigenvalue weighted by molar-refractivity contribution is 5.11. The van der Waals surface area contributed by atoms with Gasteiger partial charge in [-0.05, 0) is 49.9 Å². The van der Waals surface area contributed by atoms with E-state index < -0.39 is 0 Å². The molecule has 1 aromatic heterocycles. The van der Waals surface area contributed by atoms with E-state index in [0.717, 1.165) is 23.7 Å². The SMILES string of the molecule is C1=C[C@H]2C[C@@H]1C[C@H]2CCn1ccnc1C1CC1. The highest BCUT2D eigenvalue weighted by atomic mass is 15.1. The number of hydrogen-bond acceptors (Lipinski definition) is 1. The highest BCUT2D eigenvalue weighted by Crippen LogP contribution is 2.45. The van der Waals surface area contributed by atoms with Crippen molar-refractivity contribution in [1.82, 2.24) is 9.55 Å². The van der Waals surface area contributed by atoms with Crippen molar-refractivity contribution in [2.75, 3.05) is 0 Å². The third kappa shape index (κ3) is 1.74. The molecule has 0 radical (unpaired) electrons. The van der Waals surface area contributed by atoms with Crippen molar-refractivity contribution in [2.45, 2.75) is 44.6 Å². The average molecular weight is 228 g/mol. The fourth-order valence-electron chi connectivity index (χ4n) is 3.74. The molecule has 0 spiro atoms. The molecule has 3 aliphatic carbocycles. The van der Waals surface area contributed by atoms with E-state index in [9.17, 15) is 0 Å². The van der Waals surface area contributed by atoms with Crippen LogP contribution in [0.25, 0.3) is 0 Å². The second-order valence-corrected chi connectivity index (χ2v) is 6.08. The summed E-state index contributed by atoms with van der Waals surface area (Å²) in [7, 11) is 0. The minimum Gasteiger partial charge on any atom is -0.335 e. The molecule has 2 heteroatoms. The smallest absolute Gasteiger partial charge is 0.111 e. The molecule has 0 saturated heterocycles. The lowest BCUT2D eigenvalue weighted by molar-refractivity contribution is 0.385. The highest BCUT2D eigenvalue weighted by Gasteiger charge is 2.35. The Balaban J connectivity index is 1.41. The molecule has 3 aliphatic rings. The zero-order chi connectivity index (χ0) is 11.2. The molecule has 0 unspecified atom stereocenters. The molecular weight excluding hydrogens is 208 g/mol. The predicted molar refractivity (Wildman–Crippen MR) is 67.7 cm³/mol. The molecule has 1 heterocycles. The largest absolute Gasteiger partial charge is 0.335 e. The van der Waals surface area contributed by atoms with Crippen LogP contribution in [0.5, 0.6) is 0 Å². The summed E-state index contributed by atoms with van der Waals surface area (Å²) in [5, 5.41) is 0. The van der Waals surface area contributed by atoms with Crippen molar-refractivity contribution < 1.29 is 0 Å². The zero-order valence-electron chi connectivity index (χ0n) is 10.3. The van der Waals surface area contributed by atoms with Gasteiger partial charge in [-0.25, -0.2) is 4.98 Å². The number of aryl methyl sites for hydroxylation is 1. The summed E-state index contributed by atoms with van der Waals surface area (Å²) in [4.78, 5) is 4.52. The summed E-state index contributed by atoms with van der Waals surface area (Å²) >= 11 is 0. The predicted octanol–water partition coefficient (Wildman–Crippen LogP) is 3.36. The van der Waals surface area contributed by atoms with E-state index in [4.69, 9.17) is 0 Å². The zero-order valence-corrected chi connectivity index (χ0v) is 10.3. The molecule has 2 fully saturated rings. The topological polar surface area (TPSA) is 17.8 Å². The van der Waals surface area contributed by atoms with Crippen LogP contribution in [-0.2, 0) is 6.54 Å². The van der Waals surface area contributed by atoms with Crippen LogP contribution in [0.2, 0.25) is 0 Å². The van der Waals surface area contributed by atoms with Crippen molar-refractivity contribution in [1.29, 1.82) is 0 Å². The van der Waals surface area contributed by atoms with Crippen molar-refractivity contribution in [3.63, 3.8) is 0 Å². The Bertz CT molecular complexity index is 442. The lowest BCUT2D eigenvalue weighted by Crippen LogP contribution is -2.12. The molecule has 90 valence electrons. The van der Waals surface area contributed by atoms with Gasteiger partial charge >= 0.3 is 0 Å². The maximum atomic E-state index is 4.52. The number of allylic oxidation sites excluding steroid dienone is 2. The van der Waals surface area contributed by atoms with Crippen LogP contribution in [0.4, 0.5) is 0 Å². The quantitative estimate of drug-likeness (QED) is 0.722. The van der Waals surface area contributed by atoms with E-state index in [1.807, 2.05) is 6.20 Å². The van der Waals surface area contributed by atoms with Gasteiger partial charge in [-0.1, -0.05) is 12.2 Å². The second-order valence-electron chi connectivity index (χ2n) is 6.08. The van der Waals surface area contributed by atoms with Crippen molar-refractivity contribution in [3.8, 4) is 0 Å². The molecule has 0 aliphatic heterocycles. The minimum absolute atomic E-state index is 0.782. The minimum atomic E-state index is 0.782. The molecule has 2 nitrogen and oxygen atoms in total. The monoisotopic (exact) mass is 228 g/mol. The van der Waals surface area contributed by atoms with Gasteiger partial charge in [0.05, 0.1) is 0 Å². The lowest BCUT2D eigenvalue weighted by Gasteiger charge is -2.18. The van der Waals surface area contributed by atoms with Gasteiger partial charge in [0.2, 0.25) is 0 Å². The Hall–Kier alpha value is -1.05. The van der Waals surface area contributed by atoms with Gasteiger partial charge < -0.3 is 4.57 Å². The summed E-state index contributed by atoms with van der Waals surface area (Å²) < 4.78 is 2.41. The van der Waals surface area contributed by atoms with Crippen LogP contribution in [0.15, 0.2) is 24.5 Å². The van der Waals surface area contributed by atoms with Crippen LogP contribution < -0.4 is 0 Å². The molecule has 0 aromatic carbocycles. The number of hydrogen-bond donors (Lipinski definition) is 0. The van der Waals surface area contributed by atoms with Gasteiger partial charge in [-0.2, -0.15) is 0 Å². The Labute approximate surface area is 103 Å². The second kappa shape index (κ2) is 3.72. The summed E-state index contributed by atoms with van der Waals surface area (Å²) in [5.41, 5.74) is 0. The van der Waals surface area contributed by atoms with Gasteiger partial charge in [0, 0.05) is 24.9 Å². The van der Waals surface area contributed by atoms with Gasteiger partial charge in [-0.3, -0.25) is 0 Å². The number of nitrogens with zero attached hydrogens (tertiary/aromatic N) is 2. The summed E-state index contributed by atoms with van der Waals surface area (Å²) in [5.74, 6) is 4.89. The molecular formula is C15H20N2. The molecule has 3 atom stereocenters. The first-order valence-electron chi connectivity index (χ1n) is 7.09. The molecule has 1 aromatic rings. The van der Waals surface area contributed by atoms with E-state index >= 15 is 0 Å². The van der Waals surface area contributed by atoms with E-state index in [2.05, 4.69) is 27.9 Å². The van der Waals surface area contributed by atoms with Gasteiger partial charge in [-0.15, -0.1) is 0 Å². The molecule has 4 rings (SSSR count). The fourth-order valence-corrected chi connectivity index (χ4v) is 3.74. The third-order valence-corrected chi connectivity index (χ3v) is 4.85. The molecule has 2 saturated carbocycles. The van der Waals surface area contributed by atoms with Crippen LogP contribution in [0.3, 0.4) is 0 Å². The van der Waals surface area contributed by atoms with Gasteiger partial charge in [0.15, 0.2) is 0 Å². The van der Waals surface area contributed by atoms with Crippen LogP contribution >= 0.6 is 0 Å². The maximum absolute atomic E-state index is 4.52. The van der Waals surface area contributed by atoms with Crippen molar-refractivity contribution in [2.24, 2.45) is 17.8 Å². The Morgan fingerprint density at radius 2 is 2.18 bits per heavy atom. The molecule has 17 heavy (non-hydrogen) atoms. The lowest BCUT2D eigenvalue weighted by atomic mass is 9.90. The number of aromatic nitrogens is 2. The van der Waals surface area contributed by atoms with E-state index in [-0.39, 0.29) is 0 Å². The Morgan fingerprint density at radius 1 is 1.24 bits per heavy atom. The van der Waals surface area contributed by atoms with Crippen molar-refractivity contribution >= 4 is 0 Å². The fraction of sp³-hybridized carbons (Fsp3) is 0.667.